The first kappa shape index (κ1) is 16.8. The van der Waals surface area contributed by atoms with Crippen molar-refractivity contribution in [3.63, 3.8) is 0 Å². The van der Waals surface area contributed by atoms with Crippen LogP contribution >= 0.6 is 15.9 Å². The summed E-state index contributed by atoms with van der Waals surface area (Å²) in [5.41, 5.74) is 2.93. The van der Waals surface area contributed by atoms with E-state index < -0.39 is 0 Å². The lowest BCUT2D eigenvalue weighted by Gasteiger charge is -2.22. The Labute approximate surface area is 128 Å². The van der Waals surface area contributed by atoms with Gasteiger partial charge in [-0.15, -0.1) is 0 Å². The molecule has 108 valence electrons. The predicted octanol–water partition coefficient (Wildman–Crippen LogP) is 6.68. The fourth-order valence-corrected chi connectivity index (χ4v) is 3.53. The van der Waals surface area contributed by atoms with Gasteiger partial charge in [-0.25, -0.2) is 0 Å². The highest BCUT2D eigenvalue weighted by atomic mass is 79.9. The van der Waals surface area contributed by atoms with Gasteiger partial charge in [-0.05, 0) is 42.7 Å². The number of unbranched alkanes of at least 4 members (excludes halogenated alkanes) is 1. The fourth-order valence-electron chi connectivity index (χ4n) is 2.70. The molecule has 0 aromatic heterocycles. The van der Waals surface area contributed by atoms with Crippen LogP contribution in [0, 0.1) is 5.92 Å². The first-order valence-electron chi connectivity index (χ1n) is 7.95. The summed E-state index contributed by atoms with van der Waals surface area (Å²) in [6, 6.07) is 9.27. The highest BCUT2D eigenvalue weighted by Gasteiger charge is 2.18. The molecule has 0 aliphatic heterocycles. The second kappa shape index (κ2) is 9.58. The molecule has 1 aromatic carbocycles. The minimum Gasteiger partial charge on any atom is -0.0836 e. The summed E-state index contributed by atoms with van der Waals surface area (Å²) in [6.07, 6.45) is 8.99. The Morgan fingerprint density at radius 3 is 1.95 bits per heavy atom. The van der Waals surface area contributed by atoms with E-state index in [0.717, 1.165) is 5.92 Å². The zero-order valence-electron chi connectivity index (χ0n) is 12.8. The maximum atomic E-state index is 3.93. The summed E-state index contributed by atoms with van der Waals surface area (Å²) in [5.74, 6) is 0.775. The van der Waals surface area contributed by atoms with E-state index in [1.807, 2.05) is 0 Å². The standard InChI is InChI=1S/C18H29Br/c1-4-7-10-15-11-13-17(14-12-15)18(19)16(8-5-2)9-6-3/h11-14,16,18H,4-10H2,1-3H3. The zero-order chi connectivity index (χ0) is 14.1. The van der Waals surface area contributed by atoms with Gasteiger partial charge in [-0.3, -0.25) is 0 Å². The summed E-state index contributed by atoms with van der Waals surface area (Å²) >= 11 is 3.93. The fraction of sp³-hybridized carbons (Fsp3) is 0.667. The molecule has 0 amide bonds. The molecule has 1 atom stereocenters. The van der Waals surface area contributed by atoms with E-state index in [-0.39, 0.29) is 0 Å². The van der Waals surface area contributed by atoms with Crippen LogP contribution < -0.4 is 0 Å². The number of alkyl halides is 1. The number of aryl methyl sites for hydroxylation is 1. The van der Waals surface area contributed by atoms with Crippen LogP contribution in [0.25, 0.3) is 0 Å². The van der Waals surface area contributed by atoms with Gasteiger partial charge in [0.2, 0.25) is 0 Å². The summed E-state index contributed by atoms with van der Waals surface area (Å²) in [7, 11) is 0. The van der Waals surface area contributed by atoms with Crippen molar-refractivity contribution in [2.75, 3.05) is 0 Å². The molecule has 1 unspecified atom stereocenters. The molecule has 0 radical (unpaired) electrons. The maximum absolute atomic E-state index is 3.93. The first-order chi connectivity index (χ1) is 9.22. The number of benzene rings is 1. The van der Waals surface area contributed by atoms with Crippen molar-refractivity contribution >= 4 is 15.9 Å². The van der Waals surface area contributed by atoms with Gasteiger partial charge in [0.05, 0.1) is 0 Å². The number of hydrogen-bond acceptors (Lipinski definition) is 0. The lowest BCUT2D eigenvalue weighted by Crippen LogP contribution is -2.07. The Balaban J connectivity index is 2.66. The normalized spacial score (nSPS) is 12.9. The van der Waals surface area contributed by atoms with E-state index in [9.17, 15) is 0 Å². The van der Waals surface area contributed by atoms with Gasteiger partial charge in [0.15, 0.2) is 0 Å². The Kier molecular flexibility index (Phi) is 8.45. The quantitative estimate of drug-likeness (QED) is 0.444. The summed E-state index contributed by atoms with van der Waals surface area (Å²) in [5, 5.41) is 0. The van der Waals surface area contributed by atoms with E-state index in [2.05, 4.69) is 61.0 Å². The van der Waals surface area contributed by atoms with Crippen molar-refractivity contribution in [2.24, 2.45) is 5.92 Å². The predicted molar refractivity (Wildman–Crippen MR) is 90.0 cm³/mol. The minimum atomic E-state index is 0.521. The van der Waals surface area contributed by atoms with Crippen LogP contribution in [0.1, 0.15) is 75.3 Å². The van der Waals surface area contributed by atoms with Crippen LogP contribution in [-0.4, -0.2) is 0 Å². The second-order valence-electron chi connectivity index (χ2n) is 5.58. The molecule has 0 aliphatic carbocycles. The summed E-state index contributed by atoms with van der Waals surface area (Å²) in [6.45, 7) is 6.83. The Morgan fingerprint density at radius 1 is 0.895 bits per heavy atom. The van der Waals surface area contributed by atoms with Crippen LogP contribution in [0.5, 0.6) is 0 Å². The minimum absolute atomic E-state index is 0.521. The molecule has 1 heteroatoms. The van der Waals surface area contributed by atoms with E-state index in [1.54, 1.807) is 0 Å². The molecule has 0 spiro atoms. The van der Waals surface area contributed by atoms with E-state index in [1.165, 1.54) is 56.1 Å². The molecule has 0 N–H and O–H groups in total. The molecule has 0 heterocycles. The molecule has 0 aliphatic rings. The average Bonchev–Trinajstić information content (AvgIpc) is 2.44. The van der Waals surface area contributed by atoms with Gasteiger partial charge >= 0.3 is 0 Å². The van der Waals surface area contributed by atoms with E-state index in [0.29, 0.717) is 4.83 Å². The third-order valence-electron chi connectivity index (χ3n) is 3.85. The zero-order valence-corrected chi connectivity index (χ0v) is 14.4. The highest BCUT2D eigenvalue weighted by molar-refractivity contribution is 9.09. The topological polar surface area (TPSA) is 0 Å². The van der Waals surface area contributed by atoms with Gasteiger partial charge in [0.1, 0.15) is 0 Å². The SMILES string of the molecule is CCCCc1ccc(C(Br)C(CCC)CCC)cc1. The lowest BCUT2D eigenvalue weighted by atomic mass is 9.90. The molecule has 1 rings (SSSR count). The van der Waals surface area contributed by atoms with Gasteiger partial charge in [-0.1, -0.05) is 80.2 Å². The van der Waals surface area contributed by atoms with Gasteiger partial charge in [-0.2, -0.15) is 0 Å². The molecule has 0 nitrogen and oxygen atoms in total. The van der Waals surface area contributed by atoms with Crippen LogP contribution in [0.15, 0.2) is 24.3 Å². The molecule has 0 saturated heterocycles. The van der Waals surface area contributed by atoms with Crippen LogP contribution in [-0.2, 0) is 6.42 Å². The molecular weight excluding hydrogens is 296 g/mol. The largest absolute Gasteiger partial charge is 0.0836 e. The lowest BCUT2D eigenvalue weighted by molar-refractivity contribution is 0.435. The molecule has 0 bridgehead atoms. The van der Waals surface area contributed by atoms with E-state index in [4.69, 9.17) is 0 Å². The monoisotopic (exact) mass is 324 g/mol. The van der Waals surface area contributed by atoms with Crippen molar-refractivity contribution in [3.8, 4) is 0 Å². The number of rotatable bonds is 9. The van der Waals surface area contributed by atoms with Crippen LogP contribution in [0.3, 0.4) is 0 Å². The number of hydrogen-bond donors (Lipinski definition) is 0. The molecule has 0 fully saturated rings. The molecule has 19 heavy (non-hydrogen) atoms. The van der Waals surface area contributed by atoms with Crippen molar-refractivity contribution in [1.82, 2.24) is 0 Å². The smallest absolute Gasteiger partial charge is 0.0423 e. The second-order valence-corrected chi connectivity index (χ2v) is 6.57. The third kappa shape index (κ3) is 5.69. The summed E-state index contributed by atoms with van der Waals surface area (Å²) < 4.78 is 0. The Hall–Kier alpha value is -0.300. The maximum Gasteiger partial charge on any atom is 0.0423 e. The van der Waals surface area contributed by atoms with Gasteiger partial charge < -0.3 is 0 Å². The van der Waals surface area contributed by atoms with Crippen molar-refractivity contribution < 1.29 is 0 Å². The van der Waals surface area contributed by atoms with Crippen LogP contribution in [0.4, 0.5) is 0 Å². The van der Waals surface area contributed by atoms with Gasteiger partial charge in [0, 0.05) is 4.83 Å². The Bertz CT molecular complexity index is 322. The van der Waals surface area contributed by atoms with Crippen molar-refractivity contribution in [1.29, 1.82) is 0 Å². The summed E-state index contributed by atoms with van der Waals surface area (Å²) in [4.78, 5) is 0.521. The Morgan fingerprint density at radius 2 is 1.47 bits per heavy atom. The van der Waals surface area contributed by atoms with Gasteiger partial charge in [0.25, 0.3) is 0 Å². The van der Waals surface area contributed by atoms with E-state index >= 15 is 0 Å². The molecule has 0 saturated carbocycles. The van der Waals surface area contributed by atoms with Crippen molar-refractivity contribution in [2.45, 2.75) is 70.5 Å². The molecular formula is C18H29Br. The van der Waals surface area contributed by atoms with Crippen molar-refractivity contribution in [3.05, 3.63) is 35.4 Å². The van der Waals surface area contributed by atoms with Crippen LogP contribution in [0.2, 0.25) is 0 Å². The average molecular weight is 325 g/mol. The first-order valence-corrected chi connectivity index (χ1v) is 8.87. The molecule has 1 aromatic rings. The number of halogens is 1. The third-order valence-corrected chi connectivity index (χ3v) is 5.13. The highest BCUT2D eigenvalue weighted by Crippen LogP contribution is 2.36.